The van der Waals surface area contributed by atoms with Gasteiger partial charge in [0.2, 0.25) is 5.78 Å². The Hall–Kier alpha value is -0.930. The van der Waals surface area contributed by atoms with Crippen molar-refractivity contribution in [2.45, 2.75) is 32.6 Å². The molecule has 3 heteroatoms. The number of thiophene rings is 2. The maximum atomic E-state index is 12.4. The predicted octanol–water partition coefficient (Wildman–Crippen LogP) is 4.23. The minimum Gasteiger partial charge on any atom is -0.288 e. The average molecular weight is 262 g/mol. The zero-order valence-electron chi connectivity index (χ0n) is 9.79. The van der Waals surface area contributed by atoms with Gasteiger partial charge in [0, 0.05) is 15.3 Å². The topological polar surface area (TPSA) is 17.1 Å². The molecule has 2 heterocycles. The van der Waals surface area contributed by atoms with E-state index in [1.807, 2.05) is 18.4 Å². The van der Waals surface area contributed by atoms with Gasteiger partial charge in [0.25, 0.3) is 0 Å². The van der Waals surface area contributed by atoms with Crippen LogP contribution in [0.3, 0.4) is 0 Å². The lowest BCUT2D eigenvalue weighted by atomic mass is 9.98. The third kappa shape index (κ3) is 1.98. The van der Waals surface area contributed by atoms with Crippen LogP contribution < -0.4 is 0 Å². The van der Waals surface area contributed by atoms with Gasteiger partial charge in [-0.05, 0) is 55.7 Å². The summed E-state index contributed by atoms with van der Waals surface area (Å²) in [5.41, 5.74) is 2.30. The molecule has 0 N–H and O–H groups in total. The number of aryl methyl sites for hydroxylation is 3. The summed E-state index contributed by atoms with van der Waals surface area (Å²) in [6.07, 6.45) is 4.87. The highest BCUT2D eigenvalue weighted by atomic mass is 32.1. The maximum Gasteiger partial charge on any atom is 0.204 e. The number of rotatable bonds is 2. The molecule has 0 spiro atoms. The van der Waals surface area contributed by atoms with Crippen molar-refractivity contribution in [2.24, 2.45) is 0 Å². The molecule has 0 fully saturated rings. The van der Waals surface area contributed by atoms with Gasteiger partial charge in [-0.1, -0.05) is 0 Å². The van der Waals surface area contributed by atoms with Gasteiger partial charge in [-0.3, -0.25) is 4.79 Å². The summed E-state index contributed by atoms with van der Waals surface area (Å²) in [6, 6.07) is 4.07. The van der Waals surface area contributed by atoms with Crippen LogP contribution in [-0.2, 0) is 12.8 Å². The molecule has 88 valence electrons. The van der Waals surface area contributed by atoms with Gasteiger partial charge < -0.3 is 0 Å². The second kappa shape index (κ2) is 4.39. The van der Waals surface area contributed by atoms with Crippen LogP contribution in [0.15, 0.2) is 17.5 Å². The standard InChI is InChI=1S/C14H14OS2/c1-9-11(6-7-16-9)14(15)13-8-10-4-2-3-5-12(10)17-13/h6-8H,2-5H2,1H3. The van der Waals surface area contributed by atoms with Gasteiger partial charge in [0.05, 0.1) is 4.88 Å². The maximum absolute atomic E-state index is 12.4. The monoisotopic (exact) mass is 262 g/mol. The summed E-state index contributed by atoms with van der Waals surface area (Å²) in [5.74, 6) is 0.211. The molecule has 0 bridgehead atoms. The fourth-order valence-corrected chi connectivity index (χ4v) is 4.26. The normalized spacial score (nSPS) is 14.6. The summed E-state index contributed by atoms with van der Waals surface area (Å²) in [5, 5.41) is 2.00. The highest BCUT2D eigenvalue weighted by molar-refractivity contribution is 7.14. The third-order valence-electron chi connectivity index (χ3n) is 3.32. The van der Waals surface area contributed by atoms with Crippen LogP contribution in [0.5, 0.6) is 0 Å². The second-order valence-corrected chi connectivity index (χ2v) is 6.74. The summed E-state index contributed by atoms with van der Waals surface area (Å²) in [7, 11) is 0. The van der Waals surface area contributed by atoms with Crippen LogP contribution in [0.1, 0.15) is 43.4 Å². The van der Waals surface area contributed by atoms with Crippen LogP contribution in [-0.4, -0.2) is 5.78 Å². The fourth-order valence-electron chi connectivity index (χ4n) is 2.36. The van der Waals surface area contributed by atoms with Crippen molar-refractivity contribution < 1.29 is 4.79 Å². The van der Waals surface area contributed by atoms with Crippen LogP contribution in [0.2, 0.25) is 0 Å². The zero-order valence-corrected chi connectivity index (χ0v) is 11.4. The van der Waals surface area contributed by atoms with E-state index in [0.717, 1.165) is 28.2 Å². The van der Waals surface area contributed by atoms with Crippen molar-refractivity contribution in [3.8, 4) is 0 Å². The lowest BCUT2D eigenvalue weighted by Crippen LogP contribution is -1.98. The molecule has 0 atom stereocenters. The minimum absolute atomic E-state index is 0.211. The molecule has 0 radical (unpaired) electrons. The molecule has 1 aliphatic rings. The largest absolute Gasteiger partial charge is 0.288 e. The van der Waals surface area contributed by atoms with Crippen LogP contribution in [0.4, 0.5) is 0 Å². The molecule has 0 saturated heterocycles. The van der Waals surface area contributed by atoms with Crippen molar-refractivity contribution in [1.82, 2.24) is 0 Å². The Morgan fingerprint density at radius 2 is 2.12 bits per heavy atom. The number of carbonyl (C=O) groups excluding carboxylic acids is 1. The Labute approximate surface area is 109 Å². The van der Waals surface area contributed by atoms with E-state index >= 15 is 0 Å². The molecule has 1 nitrogen and oxygen atoms in total. The SMILES string of the molecule is Cc1sccc1C(=O)c1cc2c(s1)CCCC2. The average Bonchev–Trinajstić information content (AvgIpc) is 2.93. The molecule has 17 heavy (non-hydrogen) atoms. The van der Waals surface area contributed by atoms with E-state index in [0.29, 0.717) is 0 Å². The quantitative estimate of drug-likeness (QED) is 0.740. The molecule has 0 aliphatic heterocycles. The van der Waals surface area contributed by atoms with Crippen LogP contribution in [0, 0.1) is 6.92 Å². The van der Waals surface area contributed by atoms with Crippen molar-refractivity contribution in [3.63, 3.8) is 0 Å². The van der Waals surface area contributed by atoms with Gasteiger partial charge in [0.15, 0.2) is 0 Å². The number of carbonyl (C=O) groups is 1. The van der Waals surface area contributed by atoms with Crippen molar-refractivity contribution in [3.05, 3.63) is 43.3 Å². The van der Waals surface area contributed by atoms with E-state index in [2.05, 4.69) is 6.07 Å². The van der Waals surface area contributed by atoms with Crippen molar-refractivity contribution >= 4 is 28.5 Å². The molecule has 2 aromatic heterocycles. The lowest BCUT2D eigenvalue weighted by Gasteiger charge is -2.08. The zero-order chi connectivity index (χ0) is 11.8. The van der Waals surface area contributed by atoms with Gasteiger partial charge in [-0.15, -0.1) is 22.7 Å². The highest BCUT2D eigenvalue weighted by Gasteiger charge is 2.19. The number of ketones is 1. The predicted molar refractivity (Wildman–Crippen MR) is 73.4 cm³/mol. The van der Waals surface area contributed by atoms with Gasteiger partial charge >= 0.3 is 0 Å². The fraction of sp³-hybridized carbons (Fsp3) is 0.357. The Bertz CT molecular complexity index is 539. The smallest absolute Gasteiger partial charge is 0.204 e. The molecular formula is C14H14OS2. The number of hydrogen-bond acceptors (Lipinski definition) is 3. The van der Waals surface area contributed by atoms with Crippen LogP contribution in [0.25, 0.3) is 0 Å². The van der Waals surface area contributed by atoms with E-state index in [9.17, 15) is 4.79 Å². The summed E-state index contributed by atoms with van der Waals surface area (Å²) in [6.45, 7) is 2.02. The van der Waals surface area contributed by atoms with Gasteiger partial charge in [0.1, 0.15) is 0 Å². The first-order chi connectivity index (χ1) is 8.25. The van der Waals surface area contributed by atoms with Crippen LogP contribution >= 0.6 is 22.7 Å². The Morgan fingerprint density at radius 3 is 2.82 bits per heavy atom. The Balaban J connectivity index is 1.97. The molecule has 0 unspecified atom stereocenters. The first-order valence-electron chi connectivity index (χ1n) is 5.96. The molecule has 0 aromatic carbocycles. The number of fused-ring (bicyclic) bond motifs is 1. The Morgan fingerprint density at radius 1 is 1.29 bits per heavy atom. The summed E-state index contributed by atoms with van der Waals surface area (Å²) in [4.78, 5) is 15.9. The van der Waals surface area contributed by atoms with E-state index in [1.165, 1.54) is 23.3 Å². The lowest BCUT2D eigenvalue weighted by molar-refractivity contribution is 0.104. The molecule has 2 aromatic rings. The highest BCUT2D eigenvalue weighted by Crippen LogP contribution is 2.31. The summed E-state index contributed by atoms with van der Waals surface area (Å²) >= 11 is 3.35. The first kappa shape index (κ1) is 11.2. The third-order valence-corrected chi connectivity index (χ3v) is 5.41. The summed E-state index contributed by atoms with van der Waals surface area (Å²) < 4.78 is 0. The Kier molecular flexibility index (Phi) is 2.89. The molecule has 3 rings (SSSR count). The van der Waals surface area contributed by atoms with Crippen molar-refractivity contribution in [1.29, 1.82) is 0 Å². The first-order valence-corrected chi connectivity index (χ1v) is 7.65. The van der Waals surface area contributed by atoms with Gasteiger partial charge in [-0.25, -0.2) is 0 Å². The van der Waals surface area contributed by atoms with E-state index < -0.39 is 0 Å². The minimum atomic E-state index is 0.211. The second-order valence-electron chi connectivity index (χ2n) is 4.49. The van der Waals surface area contributed by atoms with Gasteiger partial charge in [-0.2, -0.15) is 0 Å². The molecule has 0 saturated carbocycles. The van der Waals surface area contributed by atoms with E-state index in [4.69, 9.17) is 0 Å². The van der Waals surface area contributed by atoms with Crippen molar-refractivity contribution in [2.75, 3.05) is 0 Å². The van der Waals surface area contributed by atoms with E-state index in [-0.39, 0.29) is 5.78 Å². The molecule has 0 amide bonds. The molecule has 1 aliphatic carbocycles. The number of hydrogen-bond donors (Lipinski definition) is 0. The van der Waals surface area contributed by atoms with E-state index in [1.54, 1.807) is 22.7 Å². The molecular weight excluding hydrogens is 248 g/mol.